The van der Waals surface area contributed by atoms with E-state index >= 15 is 0 Å². The zero-order chi connectivity index (χ0) is 22.1. The molecule has 0 aromatic heterocycles. The average molecular weight is 449 g/mol. The van der Waals surface area contributed by atoms with Gasteiger partial charge in [-0.25, -0.2) is 4.39 Å². The van der Waals surface area contributed by atoms with E-state index in [1.807, 2.05) is 19.2 Å². The maximum absolute atomic E-state index is 13.1. The Morgan fingerprint density at radius 2 is 1.81 bits per heavy atom. The third-order valence-electron chi connectivity index (χ3n) is 7.70. The van der Waals surface area contributed by atoms with Crippen LogP contribution in [-0.2, 0) is 15.6 Å². The summed E-state index contributed by atoms with van der Waals surface area (Å²) in [7, 11) is 0.923. The number of benzene rings is 1. The van der Waals surface area contributed by atoms with Crippen molar-refractivity contribution in [2.24, 2.45) is 17.1 Å². The first-order chi connectivity index (χ1) is 14.9. The normalized spacial score (nSPS) is 28.9. The zero-order valence-electron chi connectivity index (χ0n) is 18.3. The lowest BCUT2D eigenvalue weighted by molar-refractivity contribution is -0.143. The lowest BCUT2D eigenvalue weighted by Gasteiger charge is -2.56. The van der Waals surface area contributed by atoms with Gasteiger partial charge in [0.15, 0.2) is 0 Å². The van der Waals surface area contributed by atoms with Crippen molar-refractivity contribution >= 4 is 16.7 Å². The molecule has 0 saturated heterocycles. The summed E-state index contributed by atoms with van der Waals surface area (Å²) >= 11 is 0. The first-order valence-electron chi connectivity index (χ1n) is 11.3. The van der Waals surface area contributed by atoms with Crippen molar-refractivity contribution < 1.29 is 18.1 Å². The second-order valence-electron chi connectivity index (χ2n) is 9.62. The molecule has 4 aliphatic rings. The lowest BCUT2D eigenvalue weighted by Crippen LogP contribution is -2.58. The van der Waals surface area contributed by atoms with Gasteiger partial charge in [0, 0.05) is 41.3 Å². The van der Waals surface area contributed by atoms with E-state index in [4.69, 9.17) is 10.5 Å². The van der Waals surface area contributed by atoms with E-state index in [-0.39, 0.29) is 30.0 Å². The Morgan fingerprint density at radius 3 is 2.32 bits per heavy atom. The zero-order valence-corrected chi connectivity index (χ0v) is 19.1. The molecule has 2 N–H and O–H groups in total. The summed E-state index contributed by atoms with van der Waals surface area (Å²) in [6.45, 7) is 0.227. The number of ether oxygens (including phenoxy) is 1. The van der Waals surface area contributed by atoms with Crippen molar-refractivity contribution in [3.8, 4) is 5.75 Å². The monoisotopic (exact) mass is 448 g/mol. The van der Waals surface area contributed by atoms with Gasteiger partial charge in [0.05, 0.1) is 17.1 Å². The molecule has 1 aromatic rings. The van der Waals surface area contributed by atoms with Gasteiger partial charge in [-0.3, -0.25) is 9.00 Å². The first kappa shape index (κ1) is 22.5. The van der Waals surface area contributed by atoms with E-state index in [2.05, 4.69) is 4.90 Å². The van der Waals surface area contributed by atoms with Crippen LogP contribution in [0.15, 0.2) is 41.1 Å². The molecule has 31 heavy (non-hydrogen) atoms. The van der Waals surface area contributed by atoms with Crippen LogP contribution in [0.4, 0.5) is 4.39 Å². The second-order valence-corrected chi connectivity index (χ2v) is 11.1. The predicted molar refractivity (Wildman–Crippen MR) is 120 cm³/mol. The van der Waals surface area contributed by atoms with Gasteiger partial charge in [0.1, 0.15) is 12.4 Å². The molecular formula is C24H33FN2O3S. The highest BCUT2D eigenvalue weighted by Crippen LogP contribution is 2.55. The van der Waals surface area contributed by atoms with Crippen LogP contribution in [0, 0.1) is 11.3 Å². The molecule has 0 heterocycles. The minimum absolute atomic E-state index is 0.0261. The summed E-state index contributed by atoms with van der Waals surface area (Å²) in [5, 5.41) is 0. The molecular weight excluding hydrogens is 415 g/mol. The molecule has 4 saturated carbocycles. The van der Waals surface area contributed by atoms with Crippen molar-refractivity contribution in [3.05, 3.63) is 36.2 Å². The number of fused-ring (bicyclic) bond motifs is 3. The average Bonchev–Trinajstić information content (AvgIpc) is 3.66. The van der Waals surface area contributed by atoms with Crippen molar-refractivity contribution in [3.63, 3.8) is 0 Å². The fraction of sp³-hybridized carbons (Fsp3) is 0.625. The van der Waals surface area contributed by atoms with Crippen LogP contribution in [0.25, 0.3) is 0 Å². The summed E-state index contributed by atoms with van der Waals surface area (Å²) in [6.07, 6.45) is 8.77. The molecule has 0 radical (unpaired) electrons. The molecule has 170 valence electrons. The van der Waals surface area contributed by atoms with Crippen LogP contribution in [0.1, 0.15) is 51.4 Å². The smallest absolute Gasteiger partial charge is 0.225 e. The number of rotatable bonds is 9. The summed E-state index contributed by atoms with van der Waals surface area (Å²) in [5.41, 5.74) is 5.97. The van der Waals surface area contributed by atoms with Gasteiger partial charge in [-0.2, -0.15) is 0 Å². The maximum atomic E-state index is 13.1. The SMILES string of the molecule is CN(C(=O)C1CC1)C12CCC(CS(=O)c3ccc(OC/C(=C/F)CN)cc3)(CC1)CC2. The number of hydrogen-bond donors (Lipinski definition) is 1. The molecule has 4 fully saturated rings. The van der Waals surface area contributed by atoms with E-state index in [0.29, 0.717) is 29.3 Å². The highest BCUT2D eigenvalue weighted by molar-refractivity contribution is 7.85. The van der Waals surface area contributed by atoms with E-state index in [1.54, 1.807) is 12.1 Å². The molecule has 0 aliphatic heterocycles. The summed E-state index contributed by atoms with van der Waals surface area (Å²) in [5.74, 6) is 1.88. The third-order valence-corrected chi connectivity index (χ3v) is 9.37. The van der Waals surface area contributed by atoms with E-state index in [1.165, 1.54) is 0 Å². The number of carbonyl (C=O) groups excluding carboxylic acids is 1. The maximum Gasteiger partial charge on any atom is 0.225 e. The Balaban J connectivity index is 1.33. The van der Waals surface area contributed by atoms with Crippen LogP contribution in [-0.4, -0.2) is 46.5 Å². The molecule has 1 amide bonds. The van der Waals surface area contributed by atoms with Crippen LogP contribution in [0.3, 0.4) is 0 Å². The molecule has 0 spiro atoms. The van der Waals surface area contributed by atoms with Gasteiger partial charge < -0.3 is 15.4 Å². The van der Waals surface area contributed by atoms with Crippen LogP contribution < -0.4 is 10.5 Å². The van der Waals surface area contributed by atoms with Gasteiger partial charge in [0.25, 0.3) is 0 Å². The van der Waals surface area contributed by atoms with Gasteiger partial charge >= 0.3 is 0 Å². The Hall–Kier alpha value is -1.73. The fourth-order valence-electron chi connectivity index (χ4n) is 5.16. The number of nitrogens with two attached hydrogens (primary N) is 1. The van der Waals surface area contributed by atoms with E-state index < -0.39 is 10.8 Å². The topological polar surface area (TPSA) is 72.6 Å². The molecule has 5 nitrogen and oxygen atoms in total. The van der Waals surface area contributed by atoms with Crippen LogP contribution in [0.5, 0.6) is 5.75 Å². The number of amides is 1. The second kappa shape index (κ2) is 9.02. The molecule has 1 atom stereocenters. The fourth-order valence-corrected chi connectivity index (χ4v) is 6.76. The quantitative estimate of drug-likeness (QED) is 0.621. The Kier molecular flexibility index (Phi) is 6.54. The van der Waals surface area contributed by atoms with Gasteiger partial charge in [-0.1, -0.05) is 0 Å². The number of carbonyl (C=O) groups is 1. The lowest BCUT2D eigenvalue weighted by atomic mass is 9.57. The van der Waals surface area contributed by atoms with E-state index in [0.717, 1.165) is 56.3 Å². The Labute approximate surface area is 186 Å². The standard InChI is InChI=1S/C24H33FN2O3S/c1-27(22(28)19-2-3-19)24-11-8-23(9-12-24,10-13-24)17-31(29)21-6-4-20(5-7-21)30-16-18(14-25)15-26/h4-7,14,19H,2-3,8-13,15-17,26H2,1H3/b18-14+. The Bertz CT molecular complexity index is 842. The number of hydrogen-bond acceptors (Lipinski definition) is 4. The predicted octanol–water partition coefficient (Wildman–Crippen LogP) is 3.95. The minimum atomic E-state index is -1.08. The van der Waals surface area contributed by atoms with Crippen LogP contribution >= 0.6 is 0 Å². The Morgan fingerprint density at radius 1 is 1.19 bits per heavy atom. The van der Waals surface area contributed by atoms with Crippen molar-refractivity contribution in [2.45, 2.75) is 61.8 Å². The highest BCUT2D eigenvalue weighted by atomic mass is 32.2. The van der Waals surface area contributed by atoms with Gasteiger partial charge in [-0.15, -0.1) is 0 Å². The van der Waals surface area contributed by atoms with Gasteiger partial charge in [0.2, 0.25) is 5.91 Å². The molecule has 1 unspecified atom stereocenters. The summed E-state index contributed by atoms with van der Waals surface area (Å²) in [6, 6.07) is 7.23. The van der Waals surface area contributed by atoms with Crippen LogP contribution in [0.2, 0.25) is 0 Å². The first-order valence-corrected chi connectivity index (χ1v) is 12.6. The molecule has 1 aromatic carbocycles. The molecule has 2 bridgehead atoms. The van der Waals surface area contributed by atoms with Gasteiger partial charge in [-0.05, 0) is 81.0 Å². The molecule has 7 heteroatoms. The molecule has 4 aliphatic carbocycles. The third kappa shape index (κ3) is 4.72. The summed E-state index contributed by atoms with van der Waals surface area (Å²) in [4.78, 5) is 15.5. The number of halogens is 1. The molecule has 5 rings (SSSR count). The number of nitrogens with zero attached hydrogens (tertiary/aromatic N) is 1. The summed E-state index contributed by atoms with van der Waals surface area (Å²) < 4.78 is 31.2. The van der Waals surface area contributed by atoms with E-state index in [9.17, 15) is 13.4 Å². The van der Waals surface area contributed by atoms with Crippen molar-refractivity contribution in [2.75, 3.05) is 26.0 Å². The largest absolute Gasteiger partial charge is 0.489 e. The van der Waals surface area contributed by atoms with Crippen molar-refractivity contribution in [1.29, 1.82) is 0 Å². The minimum Gasteiger partial charge on any atom is -0.489 e. The van der Waals surface area contributed by atoms with Crippen molar-refractivity contribution in [1.82, 2.24) is 4.90 Å². The highest BCUT2D eigenvalue weighted by Gasteiger charge is 2.53.